The van der Waals surface area contributed by atoms with Crippen LogP contribution < -0.4 is 4.74 Å². The Morgan fingerprint density at radius 2 is 2.00 bits per heavy atom. The average molecular weight is 566 g/mol. The molecule has 0 spiro atoms. The van der Waals surface area contributed by atoms with Crippen molar-refractivity contribution in [2.24, 2.45) is 0 Å². The van der Waals surface area contributed by atoms with Crippen LogP contribution in [-0.4, -0.2) is 41.7 Å². The smallest absolute Gasteiger partial charge is 0.410 e. The van der Waals surface area contributed by atoms with Crippen LogP contribution in [-0.2, 0) is 27.3 Å². The number of aromatic nitrogens is 1. The standard InChI is InChI=1S/C24H22BrClN2O5S/c1-2-31-20(29)14-32-19-9-8-16(26)12-17(19)21-22-18(27-23(25)34-22)10-11-28(21)24(30)33-13-15-6-4-3-5-7-15/h3-9,12,21H,2,10-11,13-14H2,1H3. The number of hydrogen-bond donors (Lipinski definition) is 0. The first-order valence-electron chi connectivity index (χ1n) is 10.7. The summed E-state index contributed by atoms with van der Waals surface area (Å²) < 4.78 is 17.1. The molecular formula is C24H22BrClN2O5S. The van der Waals surface area contributed by atoms with E-state index in [1.54, 1.807) is 30.0 Å². The van der Waals surface area contributed by atoms with Gasteiger partial charge in [-0.25, -0.2) is 14.6 Å². The summed E-state index contributed by atoms with van der Waals surface area (Å²) in [5, 5.41) is 0.479. The van der Waals surface area contributed by atoms with Gasteiger partial charge >= 0.3 is 12.1 Å². The highest BCUT2D eigenvalue weighted by atomic mass is 79.9. The molecule has 4 rings (SSSR count). The van der Waals surface area contributed by atoms with Gasteiger partial charge in [-0.15, -0.1) is 11.3 Å². The third kappa shape index (κ3) is 5.71. The fourth-order valence-electron chi connectivity index (χ4n) is 3.74. The van der Waals surface area contributed by atoms with Crippen LogP contribution in [0.3, 0.4) is 0 Å². The zero-order valence-corrected chi connectivity index (χ0v) is 21.5. The number of carbonyl (C=O) groups is 2. The number of ether oxygens (including phenoxy) is 3. The molecule has 1 amide bonds. The Balaban J connectivity index is 1.66. The van der Waals surface area contributed by atoms with Crippen LogP contribution in [0.5, 0.6) is 5.75 Å². The number of carbonyl (C=O) groups excluding carboxylic acids is 2. The summed E-state index contributed by atoms with van der Waals surface area (Å²) in [6, 6.07) is 14.1. The van der Waals surface area contributed by atoms with Gasteiger partial charge in [0.25, 0.3) is 0 Å². The van der Waals surface area contributed by atoms with E-state index >= 15 is 0 Å². The van der Waals surface area contributed by atoms with E-state index in [1.807, 2.05) is 30.3 Å². The lowest BCUT2D eigenvalue weighted by molar-refractivity contribution is -0.145. The van der Waals surface area contributed by atoms with Gasteiger partial charge in [-0.2, -0.15) is 0 Å². The second-order valence-corrected chi connectivity index (χ2v) is 10.2. The molecule has 1 atom stereocenters. The Hall–Kier alpha value is -2.62. The first-order valence-corrected chi connectivity index (χ1v) is 12.6. The van der Waals surface area contributed by atoms with Crippen molar-refractivity contribution >= 4 is 50.9 Å². The number of amides is 1. The predicted molar refractivity (Wildman–Crippen MR) is 132 cm³/mol. The number of hydrogen-bond acceptors (Lipinski definition) is 7. The van der Waals surface area contributed by atoms with Crippen LogP contribution in [0, 0.1) is 0 Å². The summed E-state index contributed by atoms with van der Waals surface area (Å²) in [5.41, 5.74) is 2.43. The van der Waals surface area contributed by atoms with Crippen LogP contribution in [0.15, 0.2) is 52.4 Å². The van der Waals surface area contributed by atoms with E-state index in [4.69, 9.17) is 25.8 Å². The molecule has 1 aliphatic heterocycles. The topological polar surface area (TPSA) is 78.0 Å². The molecule has 34 heavy (non-hydrogen) atoms. The van der Waals surface area contributed by atoms with E-state index in [0.717, 1.165) is 20.1 Å². The molecule has 1 aliphatic rings. The van der Waals surface area contributed by atoms with Crippen molar-refractivity contribution in [1.29, 1.82) is 0 Å². The van der Waals surface area contributed by atoms with Crippen molar-refractivity contribution in [1.82, 2.24) is 9.88 Å². The van der Waals surface area contributed by atoms with Gasteiger partial charge in [0.15, 0.2) is 10.5 Å². The third-order valence-corrected chi connectivity index (χ3v) is 7.04. The van der Waals surface area contributed by atoms with Crippen LogP contribution in [0.1, 0.15) is 34.7 Å². The predicted octanol–water partition coefficient (Wildman–Crippen LogP) is 5.79. The molecular weight excluding hydrogens is 544 g/mol. The molecule has 2 aromatic carbocycles. The van der Waals surface area contributed by atoms with Gasteiger partial charge in [0.05, 0.1) is 17.2 Å². The normalized spacial score (nSPS) is 14.9. The Labute approximate surface area is 214 Å². The number of benzene rings is 2. The number of thiazole rings is 1. The van der Waals surface area contributed by atoms with E-state index in [2.05, 4.69) is 20.9 Å². The largest absolute Gasteiger partial charge is 0.482 e. The van der Waals surface area contributed by atoms with Gasteiger partial charge in [0, 0.05) is 23.6 Å². The fourth-order valence-corrected chi connectivity index (χ4v) is 5.62. The van der Waals surface area contributed by atoms with E-state index in [0.29, 0.717) is 29.3 Å². The van der Waals surface area contributed by atoms with E-state index in [1.165, 1.54) is 11.3 Å². The van der Waals surface area contributed by atoms with Crippen LogP contribution >= 0.6 is 38.9 Å². The maximum absolute atomic E-state index is 13.2. The Kier molecular flexibility index (Phi) is 8.07. The molecule has 0 saturated carbocycles. The van der Waals surface area contributed by atoms with Gasteiger partial charge in [-0.1, -0.05) is 41.9 Å². The molecule has 0 radical (unpaired) electrons. The van der Waals surface area contributed by atoms with E-state index in [-0.39, 0.29) is 19.8 Å². The highest BCUT2D eigenvalue weighted by molar-refractivity contribution is 9.11. The molecule has 1 unspecified atom stereocenters. The zero-order valence-electron chi connectivity index (χ0n) is 18.3. The number of halogens is 2. The SMILES string of the molecule is CCOC(=O)COc1ccc(Cl)cc1C1c2sc(Br)nc2CCN1C(=O)OCc1ccccc1. The maximum atomic E-state index is 13.2. The third-order valence-electron chi connectivity index (χ3n) is 5.21. The molecule has 0 saturated heterocycles. The molecule has 0 aliphatic carbocycles. The van der Waals surface area contributed by atoms with Crippen molar-refractivity contribution in [2.45, 2.75) is 26.0 Å². The molecule has 0 bridgehead atoms. The van der Waals surface area contributed by atoms with Crippen molar-refractivity contribution in [3.63, 3.8) is 0 Å². The molecule has 0 fully saturated rings. The molecule has 7 nitrogen and oxygen atoms in total. The van der Waals surface area contributed by atoms with Crippen molar-refractivity contribution in [3.8, 4) is 5.75 Å². The summed E-state index contributed by atoms with van der Waals surface area (Å²) in [6.07, 6.45) is 0.133. The van der Waals surface area contributed by atoms with Crippen LogP contribution in [0.4, 0.5) is 4.79 Å². The van der Waals surface area contributed by atoms with Gasteiger partial charge in [0.1, 0.15) is 18.4 Å². The number of esters is 1. The minimum Gasteiger partial charge on any atom is -0.482 e. The molecule has 3 aromatic rings. The second kappa shape index (κ2) is 11.2. The molecule has 178 valence electrons. The number of fused-ring (bicyclic) bond motifs is 1. The minimum atomic E-state index is -0.535. The highest BCUT2D eigenvalue weighted by Gasteiger charge is 2.37. The first-order chi connectivity index (χ1) is 16.5. The molecule has 2 heterocycles. The quantitative estimate of drug-likeness (QED) is 0.338. The van der Waals surface area contributed by atoms with Gasteiger partial charge < -0.3 is 14.2 Å². The Morgan fingerprint density at radius 3 is 2.76 bits per heavy atom. The minimum absolute atomic E-state index is 0.157. The highest BCUT2D eigenvalue weighted by Crippen LogP contribution is 2.44. The maximum Gasteiger partial charge on any atom is 0.410 e. The molecule has 10 heteroatoms. The lowest BCUT2D eigenvalue weighted by Crippen LogP contribution is -2.40. The van der Waals surface area contributed by atoms with Crippen molar-refractivity contribution in [2.75, 3.05) is 19.8 Å². The number of nitrogens with zero attached hydrogens (tertiary/aromatic N) is 2. The second-order valence-electron chi connectivity index (χ2n) is 7.44. The Morgan fingerprint density at radius 1 is 1.21 bits per heavy atom. The molecule has 0 N–H and O–H groups in total. The van der Waals surface area contributed by atoms with Gasteiger partial charge in [-0.3, -0.25) is 4.90 Å². The van der Waals surface area contributed by atoms with Gasteiger partial charge in [0.2, 0.25) is 0 Å². The first kappa shape index (κ1) is 24.5. The summed E-state index contributed by atoms with van der Waals surface area (Å²) in [4.78, 5) is 32.3. The average Bonchev–Trinajstić information content (AvgIpc) is 3.22. The lowest BCUT2D eigenvalue weighted by atomic mass is 9.97. The van der Waals surface area contributed by atoms with Gasteiger partial charge in [-0.05, 0) is 46.6 Å². The van der Waals surface area contributed by atoms with E-state index in [9.17, 15) is 9.59 Å². The number of rotatable bonds is 7. The van der Waals surface area contributed by atoms with Crippen LogP contribution in [0.25, 0.3) is 0 Å². The molecule has 1 aromatic heterocycles. The van der Waals surface area contributed by atoms with Crippen molar-refractivity contribution < 1.29 is 23.8 Å². The summed E-state index contributed by atoms with van der Waals surface area (Å²) >= 11 is 11.3. The lowest BCUT2D eigenvalue weighted by Gasteiger charge is -2.35. The van der Waals surface area contributed by atoms with E-state index < -0.39 is 18.1 Å². The van der Waals surface area contributed by atoms with Crippen LogP contribution in [0.2, 0.25) is 5.02 Å². The van der Waals surface area contributed by atoms with Crippen molar-refractivity contribution in [3.05, 3.63) is 79.2 Å². The summed E-state index contributed by atoms with van der Waals surface area (Å²) in [6.45, 7) is 2.30. The summed E-state index contributed by atoms with van der Waals surface area (Å²) in [5.74, 6) is -0.0481. The Bertz CT molecular complexity index is 1170. The summed E-state index contributed by atoms with van der Waals surface area (Å²) in [7, 11) is 0. The zero-order chi connectivity index (χ0) is 24.1. The monoisotopic (exact) mass is 564 g/mol. The fraction of sp³-hybridized carbons (Fsp3) is 0.292.